The van der Waals surface area contributed by atoms with E-state index in [1.165, 1.54) is 150 Å². The van der Waals surface area contributed by atoms with Crippen molar-refractivity contribution in [1.82, 2.24) is 0 Å². The third-order valence-electron chi connectivity index (χ3n) is 11.3. The maximum absolute atomic E-state index is 2.47. The lowest BCUT2D eigenvalue weighted by Gasteiger charge is -2.15. The molecule has 0 saturated carbocycles. The summed E-state index contributed by atoms with van der Waals surface area (Å²) in [4.78, 5) is 0. The van der Waals surface area contributed by atoms with Gasteiger partial charge in [-0.05, 0) is 145 Å². The molecule has 7 aromatic rings. The SMILES string of the molecule is CCCCCCCCc1ccc2c(c1CCCCCCCC)Cc1ccccc1-2.c1ccc2cc3cc4cc5ccccc5cc4cc3cc2c1. The molecule has 0 spiro atoms. The first kappa shape index (κ1) is 35.0. The van der Waals surface area contributed by atoms with Crippen LogP contribution in [0.3, 0.4) is 0 Å². The van der Waals surface area contributed by atoms with Gasteiger partial charge in [-0.15, -0.1) is 0 Å². The Morgan fingerprint density at radius 3 is 1.33 bits per heavy atom. The van der Waals surface area contributed by atoms with Gasteiger partial charge in [-0.3, -0.25) is 0 Å². The minimum atomic E-state index is 1.15. The maximum atomic E-state index is 2.47. The molecule has 7 aromatic carbocycles. The van der Waals surface area contributed by atoms with Crippen LogP contribution < -0.4 is 0 Å². The summed E-state index contributed by atoms with van der Waals surface area (Å²) in [7, 11) is 0. The summed E-state index contributed by atoms with van der Waals surface area (Å²) in [5.74, 6) is 0. The van der Waals surface area contributed by atoms with E-state index in [9.17, 15) is 0 Å². The van der Waals surface area contributed by atoms with Crippen molar-refractivity contribution < 1.29 is 0 Å². The number of benzene rings is 7. The molecule has 0 aromatic heterocycles. The van der Waals surface area contributed by atoms with Crippen molar-refractivity contribution in [3.63, 3.8) is 0 Å². The highest BCUT2D eigenvalue weighted by atomic mass is 14.3. The molecule has 51 heavy (non-hydrogen) atoms. The number of unbranched alkanes of at least 4 members (excludes halogenated alkanes) is 10. The second-order valence-corrected chi connectivity index (χ2v) is 15.0. The molecule has 1 aliphatic rings. The summed E-state index contributed by atoms with van der Waals surface area (Å²) < 4.78 is 0. The van der Waals surface area contributed by atoms with Gasteiger partial charge in [0.05, 0.1) is 0 Å². The van der Waals surface area contributed by atoms with E-state index in [1.54, 1.807) is 16.7 Å². The lowest BCUT2D eigenvalue weighted by Crippen LogP contribution is -2.01. The topological polar surface area (TPSA) is 0 Å². The first-order chi connectivity index (χ1) is 25.2. The van der Waals surface area contributed by atoms with E-state index in [0.29, 0.717) is 0 Å². The molecule has 0 heteroatoms. The van der Waals surface area contributed by atoms with E-state index in [0.717, 1.165) is 6.42 Å². The summed E-state index contributed by atoms with van der Waals surface area (Å²) in [5.41, 5.74) is 9.56. The van der Waals surface area contributed by atoms with Crippen LogP contribution in [0.5, 0.6) is 0 Å². The lowest BCUT2D eigenvalue weighted by atomic mass is 9.89. The molecule has 0 fully saturated rings. The Morgan fingerprint density at radius 2 is 0.804 bits per heavy atom. The fraction of sp³-hybridized carbons (Fsp3) is 0.333. The molecule has 0 N–H and O–H groups in total. The van der Waals surface area contributed by atoms with E-state index < -0.39 is 0 Å². The van der Waals surface area contributed by atoms with E-state index in [-0.39, 0.29) is 0 Å². The maximum Gasteiger partial charge on any atom is -0.00106 e. The highest BCUT2D eigenvalue weighted by Gasteiger charge is 2.22. The minimum absolute atomic E-state index is 1.15. The fourth-order valence-electron chi connectivity index (χ4n) is 8.43. The Balaban J connectivity index is 0.000000164. The average molecular weight is 669 g/mol. The number of hydrogen-bond donors (Lipinski definition) is 0. The molecular formula is C51H56. The normalized spacial score (nSPS) is 12.0. The summed E-state index contributed by atoms with van der Waals surface area (Å²) in [6.45, 7) is 4.61. The van der Waals surface area contributed by atoms with Crippen molar-refractivity contribution in [2.24, 2.45) is 0 Å². The van der Waals surface area contributed by atoms with Crippen molar-refractivity contribution in [1.29, 1.82) is 0 Å². The van der Waals surface area contributed by atoms with Crippen LogP contribution in [0.15, 0.2) is 121 Å². The molecule has 0 unspecified atom stereocenters. The minimum Gasteiger partial charge on any atom is -0.0654 e. The predicted octanol–water partition coefficient (Wildman–Crippen LogP) is 15.4. The molecule has 0 bridgehead atoms. The zero-order valence-electron chi connectivity index (χ0n) is 31.2. The van der Waals surface area contributed by atoms with Gasteiger partial charge in [0.15, 0.2) is 0 Å². The monoisotopic (exact) mass is 668 g/mol. The zero-order valence-corrected chi connectivity index (χ0v) is 31.2. The van der Waals surface area contributed by atoms with Gasteiger partial charge >= 0.3 is 0 Å². The van der Waals surface area contributed by atoms with Gasteiger partial charge in [0.25, 0.3) is 0 Å². The first-order valence-electron chi connectivity index (χ1n) is 20.2. The van der Waals surface area contributed by atoms with Crippen LogP contribution >= 0.6 is 0 Å². The van der Waals surface area contributed by atoms with Gasteiger partial charge in [-0.2, -0.15) is 0 Å². The number of fused-ring (bicyclic) bond motifs is 7. The van der Waals surface area contributed by atoms with Crippen molar-refractivity contribution >= 4 is 43.1 Å². The molecule has 0 aliphatic heterocycles. The molecule has 0 heterocycles. The Hall–Kier alpha value is -4.42. The summed E-state index contributed by atoms with van der Waals surface area (Å²) in [6.07, 6.45) is 20.4. The van der Waals surface area contributed by atoms with Crippen LogP contribution in [0.25, 0.3) is 54.2 Å². The molecule has 0 atom stereocenters. The van der Waals surface area contributed by atoms with Gasteiger partial charge < -0.3 is 0 Å². The van der Waals surface area contributed by atoms with Crippen LogP contribution in [-0.2, 0) is 19.3 Å². The molecule has 8 rings (SSSR count). The standard InChI is InChI=1S/C29H42.C22H14/c1-3-5-7-9-11-13-17-24-21-22-28-27-20-16-15-18-25(27)23-29(28)26(24)19-14-12-10-8-6-4-2;1-2-6-16-10-20-14-22-12-18-8-4-3-7-17(18)11-21(22)13-19(20)9-15(16)5-1/h15-16,18,20-22H,3-14,17,19,23H2,1-2H3;1-14H. The van der Waals surface area contributed by atoms with Gasteiger partial charge in [0.1, 0.15) is 0 Å². The fourth-order valence-corrected chi connectivity index (χ4v) is 8.43. The van der Waals surface area contributed by atoms with Crippen LogP contribution in [-0.4, -0.2) is 0 Å². The van der Waals surface area contributed by atoms with Crippen LogP contribution in [0.2, 0.25) is 0 Å². The van der Waals surface area contributed by atoms with Crippen molar-refractivity contribution in [3.8, 4) is 11.1 Å². The highest BCUT2D eigenvalue weighted by Crippen LogP contribution is 2.40. The van der Waals surface area contributed by atoms with E-state index in [1.807, 2.05) is 0 Å². The highest BCUT2D eigenvalue weighted by molar-refractivity contribution is 6.08. The van der Waals surface area contributed by atoms with Crippen molar-refractivity contribution in [2.45, 2.75) is 110 Å². The third kappa shape index (κ3) is 8.39. The Labute approximate surface area is 306 Å². The van der Waals surface area contributed by atoms with Crippen LogP contribution in [0, 0.1) is 0 Å². The van der Waals surface area contributed by atoms with E-state index >= 15 is 0 Å². The lowest BCUT2D eigenvalue weighted by molar-refractivity contribution is 0.598. The molecule has 0 radical (unpaired) electrons. The second kappa shape index (κ2) is 17.2. The Bertz CT molecular complexity index is 2030. The predicted molar refractivity (Wildman–Crippen MR) is 225 cm³/mol. The Kier molecular flexibility index (Phi) is 11.8. The van der Waals surface area contributed by atoms with Crippen molar-refractivity contribution in [2.75, 3.05) is 0 Å². The summed E-state index contributed by atoms with van der Waals surface area (Å²) >= 11 is 0. The molecule has 0 nitrogen and oxygen atoms in total. The van der Waals surface area contributed by atoms with Crippen LogP contribution in [0.4, 0.5) is 0 Å². The second-order valence-electron chi connectivity index (χ2n) is 15.0. The molecule has 0 amide bonds. The number of rotatable bonds is 14. The van der Waals surface area contributed by atoms with Crippen molar-refractivity contribution in [3.05, 3.63) is 144 Å². The third-order valence-corrected chi connectivity index (χ3v) is 11.3. The van der Waals surface area contributed by atoms with E-state index in [4.69, 9.17) is 0 Å². The van der Waals surface area contributed by atoms with Gasteiger partial charge in [-0.25, -0.2) is 0 Å². The molecule has 1 aliphatic carbocycles. The van der Waals surface area contributed by atoms with Gasteiger partial charge in [0.2, 0.25) is 0 Å². The van der Waals surface area contributed by atoms with E-state index in [2.05, 4.69) is 135 Å². The summed E-state index contributed by atoms with van der Waals surface area (Å²) in [5, 5.41) is 10.4. The molecule has 260 valence electrons. The van der Waals surface area contributed by atoms with Gasteiger partial charge in [-0.1, -0.05) is 163 Å². The van der Waals surface area contributed by atoms with Gasteiger partial charge in [0, 0.05) is 0 Å². The first-order valence-corrected chi connectivity index (χ1v) is 20.2. The quantitative estimate of drug-likeness (QED) is 0.0799. The largest absolute Gasteiger partial charge is 0.0654 e. The zero-order chi connectivity index (χ0) is 34.8. The average Bonchev–Trinajstić information content (AvgIpc) is 3.54. The number of aryl methyl sites for hydroxylation is 1. The number of hydrogen-bond acceptors (Lipinski definition) is 0. The smallest absolute Gasteiger partial charge is 0.00106 e. The molecular weight excluding hydrogens is 613 g/mol. The van der Waals surface area contributed by atoms with Crippen LogP contribution in [0.1, 0.15) is 113 Å². The Morgan fingerprint density at radius 1 is 0.373 bits per heavy atom. The molecule has 0 saturated heterocycles. The summed E-state index contributed by atoms with van der Waals surface area (Å²) in [6, 6.07) is 44.9.